The topological polar surface area (TPSA) is 73.6 Å². The fourth-order valence-corrected chi connectivity index (χ4v) is 3.08. The van der Waals surface area contributed by atoms with Crippen LogP contribution in [0.1, 0.15) is 28.6 Å². The number of nitrogens with one attached hydrogen (secondary N) is 1. The van der Waals surface area contributed by atoms with Gasteiger partial charge in [-0.1, -0.05) is 12.1 Å². The number of amidine groups is 1. The van der Waals surface area contributed by atoms with Crippen LogP contribution < -0.4 is 10.2 Å². The molecule has 0 saturated heterocycles. The van der Waals surface area contributed by atoms with E-state index in [1.54, 1.807) is 29.1 Å². The van der Waals surface area contributed by atoms with Crippen molar-refractivity contribution in [3.63, 3.8) is 0 Å². The Hall–Kier alpha value is -3.40. The first kappa shape index (κ1) is 19.9. The number of nitrogens with zero attached hydrogens (tertiary/aromatic N) is 4. The van der Waals surface area contributed by atoms with Gasteiger partial charge in [0, 0.05) is 6.20 Å². The summed E-state index contributed by atoms with van der Waals surface area (Å²) < 4.78 is 46.3. The van der Waals surface area contributed by atoms with Crippen molar-refractivity contribution in [3.8, 4) is 11.6 Å². The minimum absolute atomic E-state index is 0.0916. The van der Waals surface area contributed by atoms with Crippen molar-refractivity contribution in [2.75, 3.05) is 13.7 Å². The lowest BCUT2D eigenvalue weighted by molar-refractivity contribution is -0.137. The standard InChI is InChI=1S/C20H18F3N5O2/c1-12-9-28(11-24-12)17-7-6-15(26-19(17)29-2)18-25-16(10-30-27-18)13-4-3-5-14(8-13)20(21,22)23/h3-9,11,16H,10H2,1-2H3,(H,25,27). The highest BCUT2D eigenvalue weighted by Gasteiger charge is 2.31. The van der Waals surface area contributed by atoms with Crippen LogP contribution >= 0.6 is 0 Å². The third-order valence-corrected chi connectivity index (χ3v) is 4.56. The van der Waals surface area contributed by atoms with Crippen LogP contribution in [0.3, 0.4) is 0 Å². The molecule has 1 aromatic carbocycles. The number of pyridine rings is 1. The number of methoxy groups -OCH3 is 1. The first-order valence-electron chi connectivity index (χ1n) is 9.04. The number of ether oxygens (including phenoxy) is 1. The Morgan fingerprint density at radius 1 is 1.23 bits per heavy atom. The van der Waals surface area contributed by atoms with Gasteiger partial charge in [-0.05, 0) is 36.8 Å². The molecule has 0 spiro atoms. The van der Waals surface area contributed by atoms with Gasteiger partial charge in [0.1, 0.15) is 24.0 Å². The highest BCUT2D eigenvalue weighted by Crippen LogP contribution is 2.32. The average Bonchev–Trinajstić information content (AvgIpc) is 3.19. The summed E-state index contributed by atoms with van der Waals surface area (Å²) in [5.41, 5.74) is 4.33. The largest absolute Gasteiger partial charge is 0.479 e. The molecule has 0 fully saturated rings. The molecule has 4 rings (SSSR count). The summed E-state index contributed by atoms with van der Waals surface area (Å²) in [6.07, 6.45) is -0.938. The molecule has 3 heterocycles. The number of imidazole rings is 1. The molecule has 1 N–H and O–H groups in total. The van der Waals surface area contributed by atoms with Crippen LogP contribution in [0.5, 0.6) is 5.88 Å². The lowest BCUT2D eigenvalue weighted by Gasteiger charge is -2.23. The number of rotatable bonds is 4. The molecule has 30 heavy (non-hydrogen) atoms. The number of halogens is 3. The zero-order chi connectivity index (χ0) is 21.3. The lowest BCUT2D eigenvalue weighted by Crippen LogP contribution is -2.33. The van der Waals surface area contributed by atoms with E-state index in [9.17, 15) is 13.2 Å². The molecule has 3 aromatic rings. The fourth-order valence-electron chi connectivity index (χ4n) is 3.08. The van der Waals surface area contributed by atoms with E-state index in [-0.39, 0.29) is 6.61 Å². The van der Waals surface area contributed by atoms with Crippen LogP contribution in [0.4, 0.5) is 13.2 Å². The minimum Gasteiger partial charge on any atom is -0.479 e. The number of hydrogen-bond donors (Lipinski definition) is 1. The van der Waals surface area contributed by atoms with Crippen molar-refractivity contribution in [1.82, 2.24) is 20.0 Å². The molecule has 7 nitrogen and oxygen atoms in total. The Balaban J connectivity index is 1.66. The summed E-state index contributed by atoms with van der Waals surface area (Å²) in [5, 5.41) is 0. The fraction of sp³-hybridized carbons (Fsp3) is 0.250. The second-order valence-electron chi connectivity index (χ2n) is 6.68. The maximum Gasteiger partial charge on any atom is 0.416 e. The zero-order valence-electron chi connectivity index (χ0n) is 16.1. The number of alkyl halides is 3. The summed E-state index contributed by atoms with van der Waals surface area (Å²) in [4.78, 5) is 18.5. The van der Waals surface area contributed by atoms with Crippen molar-refractivity contribution in [1.29, 1.82) is 0 Å². The van der Waals surface area contributed by atoms with Crippen LogP contribution in [-0.2, 0) is 11.0 Å². The molecule has 0 radical (unpaired) electrons. The van der Waals surface area contributed by atoms with Gasteiger partial charge in [-0.25, -0.2) is 15.4 Å². The van der Waals surface area contributed by atoms with Gasteiger partial charge in [-0.15, -0.1) is 0 Å². The maximum absolute atomic E-state index is 13.0. The van der Waals surface area contributed by atoms with E-state index in [0.29, 0.717) is 28.7 Å². The van der Waals surface area contributed by atoms with E-state index >= 15 is 0 Å². The van der Waals surface area contributed by atoms with Gasteiger partial charge >= 0.3 is 6.18 Å². The molecule has 1 aliphatic heterocycles. The predicted molar refractivity (Wildman–Crippen MR) is 102 cm³/mol. The third kappa shape index (κ3) is 3.99. The molecular weight excluding hydrogens is 399 g/mol. The summed E-state index contributed by atoms with van der Waals surface area (Å²) in [7, 11) is 1.50. The smallest absolute Gasteiger partial charge is 0.416 e. The quantitative estimate of drug-likeness (QED) is 0.702. The van der Waals surface area contributed by atoms with E-state index in [4.69, 9.17) is 9.57 Å². The summed E-state index contributed by atoms with van der Waals surface area (Å²) in [6, 6.07) is 7.97. The molecule has 1 aliphatic rings. The van der Waals surface area contributed by atoms with E-state index in [2.05, 4.69) is 20.4 Å². The molecule has 0 saturated carbocycles. The number of benzene rings is 1. The maximum atomic E-state index is 13.0. The minimum atomic E-state index is -4.42. The number of hydroxylamine groups is 1. The van der Waals surface area contributed by atoms with Crippen LogP contribution in [0.25, 0.3) is 5.69 Å². The first-order chi connectivity index (χ1) is 14.3. The van der Waals surface area contributed by atoms with Crippen molar-refractivity contribution in [2.45, 2.75) is 19.1 Å². The Bertz CT molecular complexity index is 1090. The highest BCUT2D eigenvalue weighted by atomic mass is 19.4. The number of aliphatic imine (C=N–C) groups is 1. The monoisotopic (exact) mass is 417 g/mol. The summed E-state index contributed by atoms with van der Waals surface area (Å²) in [6.45, 7) is 1.96. The molecule has 10 heteroatoms. The Kier molecular flexibility index (Phi) is 5.17. The zero-order valence-corrected chi connectivity index (χ0v) is 16.1. The average molecular weight is 417 g/mol. The van der Waals surface area contributed by atoms with Crippen LogP contribution in [0.15, 0.2) is 53.9 Å². The van der Waals surface area contributed by atoms with Gasteiger partial charge in [-0.2, -0.15) is 13.2 Å². The summed E-state index contributed by atoms with van der Waals surface area (Å²) in [5.74, 6) is 0.644. The molecule has 0 bridgehead atoms. The molecule has 0 amide bonds. The molecule has 1 unspecified atom stereocenters. The SMILES string of the molecule is COc1nc(C2=NC(c3cccc(C(F)(F)F)c3)CON2)ccc1-n1cnc(C)c1. The summed E-state index contributed by atoms with van der Waals surface area (Å²) >= 11 is 0. The number of aryl methyl sites for hydroxylation is 1. The van der Waals surface area contributed by atoms with Crippen LogP contribution in [-0.4, -0.2) is 34.1 Å². The third-order valence-electron chi connectivity index (χ3n) is 4.56. The Morgan fingerprint density at radius 2 is 2.07 bits per heavy atom. The molecule has 0 aliphatic carbocycles. The number of hydrogen-bond acceptors (Lipinski definition) is 6. The molecule has 156 valence electrons. The van der Waals surface area contributed by atoms with Gasteiger partial charge in [-0.3, -0.25) is 9.83 Å². The predicted octanol–water partition coefficient (Wildman–Crippen LogP) is 3.63. The van der Waals surface area contributed by atoms with Gasteiger partial charge in [0.15, 0.2) is 5.84 Å². The highest BCUT2D eigenvalue weighted by molar-refractivity contribution is 5.97. The van der Waals surface area contributed by atoms with Crippen LogP contribution in [0, 0.1) is 6.92 Å². The van der Waals surface area contributed by atoms with Crippen molar-refractivity contribution >= 4 is 5.84 Å². The van der Waals surface area contributed by atoms with Gasteiger partial charge in [0.25, 0.3) is 0 Å². The Morgan fingerprint density at radius 3 is 2.77 bits per heavy atom. The second kappa shape index (κ2) is 7.79. The van der Waals surface area contributed by atoms with Gasteiger partial charge in [0.05, 0.1) is 24.7 Å². The molecule has 2 aromatic heterocycles. The number of aromatic nitrogens is 3. The van der Waals surface area contributed by atoms with Crippen LogP contribution in [0.2, 0.25) is 0 Å². The van der Waals surface area contributed by atoms with E-state index in [1.807, 2.05) is 13.1 Å². The molecular formula is C20H18F3N5O2. The van der Waals surface area contributed by atoms with E-state index in [1.165, 1.54) is 13.2 Å². The second-order valence-corrected chi connectivity index (χ2v) is 6.68. The van der Waals surface area contributed by atoms with E-state index in [0.717, 1.165) is 17.8 Å². The van der Waals surface area contributed by atoms with Gasteiger partial charge in [0.2, 0.25) is 5.88 Å². The molecule has 1 atom stereocenters. The normalized spacial score (nSPS) is 16.7. The van der Waals surface area contributed by atoms with E-state index < -0.39 is 17.8 Å². The first-order valence-corrected chi connectivity index (χ1v) is 9.04. The van der Waals surface area contributed by atoms with Crippen molar-refractivity contribution < 1.29 is 22.7 Å². The van der Waals surface area contributed by atoms with Crippen molar-refractivity contribution in [3.05, 3.63) is 71.4 Å². The van der Waals surface area contributed by atoms with Gasteiger partial charge < -0.3 is 9.30 Å². The van der Waals surface area contributed by atoms with Crippen molar-refractivity contribution in [2.24, 2.45) is 4.99 Å². The lowest BCUT2D eigenvalue weighted by atomic mass is 10.0. The Labute approximate surface area is 170 Å².